The van der Waals surface area contributed by atoms with Crippen LogP contribution in [-0.2, 0) is 16.0 Å². The van der Waals surface area contributed by atoms with E-state index in [4.69, 9.17) is 4.74 Å². The Bertz CT molecular complexity index is 443. The molecule has 0 saturated heterocycles. The number of esters is 1. The van der Waals surface area contributed by atoms with Gasteiger partial charge in [0.1, 0.15) is 0 Å². The Hall–Kier alpha value is -1.31. The van der Waals surface area contributed by atoms with E-state index in [2.05, 4.69) is 58.9 Å². The molecule has 0 heterocycles. The van der Waals surface area contributed by atoms with Crippen molar-refractivity contribution >= 4 is 5.97 Å². The molecule has 0 spiro atoms. The first-order chi connectivity index (χ1) is 9.75. The van der Waals surface area contributed by atoms with Crippen molar-refractivity contribution < 1.29 is 9.53 Å². The van der Waals surface area contributed by atoms with Gasteiger partial charge in [0.2, 0.25) is 0 Å². The van der Waals surface area contributed by atoms with Crippen LogP contribution in [0.25, 0.3) is 0 Å². The van der Waals surface area contributed by atoms with Crippen molar-refractivity contribution in [1.82, 2.24) is 0 Å². The minimum atomic E-state index is -0.203. The highest BCUT2D eigenvalue weighted by atomic mass is 16.5. The van der Waals surface area contributed by atoms with Gasteiger partial charge in [-0.25, -0.2) is 0 Å². The average molecular weight is 290 g/mol. The second kappa shape index (κ2) is 7.63. The molecule has 118 valence electrons. The fourth-order valence-corrected chi connectivity index (χ4v) is 2.04. The number of ether oxygens (including phenoxy) is 1. The lowest BCUT2D eigenvalue weighted by Crippen LogP contribution is -2.23. The lowest BCUT2D eigenvalue weighted by molar-refractivity contribution is -0.148. The van der Waals surface area contributed by atoms with Gasteiger partial charge in [0.15, 0.2) is 0 Å². The Morgan fingerprint density at radius 2 is 1.71 bits per heavy atom. The minimum absolute atomic E-state index is 0.0521. The van der Waals surface area contributed by atoms with Crippen LogP contribution in [0, 0.1) is 11.3 Å². The molecule has 1 aromatic carbocycles. The number of hydrogen-bond donors (Lipinski definition) is 0. The Balaban J connectivity index is 2.61. The van der Waals surface area contributed by atoms with Crippen molar-refractivity contribution in [2.75, 3.05) is 6.61 Å². The van der Waals surface area contributed by atoms with E-state index in [1.54, 1.807) is 0 Å². The van der Waals surface area contributed by atoms with Crippen LogP contribution >= 0.6 is 0 Å². The highest BCUT2D eigenvalue weighted by Crippen LogP contribution is 2.23. The summed E-state index contributed by atoms with van der Waals surface area (Å²) in [5.74, 6) is 0.313. The van der Waals surface area contributed by atoms with Gasteiger partial charge in [-0.2, -0.15) is 0 Å². The zero-order chi connectivity index (χ0) is 16.0. The van der Waals surface area contributed by atoms with Gasteiger partial charge in [-0.3, -0.25) is 4.79 Å². The Labute approximate surface area is 129 Å². The van der Waals surface area contributed by atoms with Gasteiger partial charge in [0.05, 0.1) is 12.5 Å². The Morgan fingerprint density at radius 3 is 2.19 bits per heavy atom. The van der Waals surface area contributed by atoms with E-state index in [0.717, 1.165) is 18.4 Å². The fourth-order valence-electron chi connectivity index (χ4n) is 2.04. The summed E-state index contributed by atoms with van der Waals surface area (Å²) in [4.78, 5) is 12.1. The van der Waals surface area contributed by atoms with Gasteiger partial charge < -0.3 is 4.74 Å². The number of hydrogen-bond acceptors (Lipinski definition) is 2. The summed E-state index contributed by atoms with van der Waals surface area (Å²) in [7, 11) is 0. The van der Waals surface area contributed by atoms with Crippen LogP contribution in [-0.4, -0.2) is 12.6 Å². The highest BCUT2D eigenvalue weighted by molar-refractivity contribution is 5.77. The van der Waals surface area contributed by atoms with Gasteiger partial charge in [-0.15, -0.1) is 0 Å². The minimum Gasteiger partial charge on any atom is -0.465 e. The highest BCUT2D eigenvalue weighted by Gasteiger charge is 2.21. The zero-order valence-electron chi connectivity index (χ0n) is 14.4. The molecule has 0 aliphatic heterocycles. The van der Waals surface area contributed by atoms with E-state index in [9.17, 15) is 4.79 Å². The molecule has 1 rings (SSSR count). The molecule has 1 unspecified atom stereocenters. The molecule has 0 N–H and O–H groups in total. The second-order valence-corrected chi connectivity index (χ2v) is 7.19. The predicted octanol–water partition coefficient (Wildman–Crippen LogP) is 4.97. The molecule has 0 bridgehead atoms. The molecular weight excluding hydrogens is 260 g/mol. The summed E-state index contributed by atoms with van der Waals surface area (Å²) >= 11 is 0. The van der Waals surface area contributed by atoms with Crippen molar-refractivity contribution in [3.05, 3.63) is 35.4 Å². The van der Waals surface area contributed by atoms with E-state index in [0.29, 0.717) is 12.5 Å². The van der Waals surface area contributed by atoms with Crippen molar-refractivity contribution in [3.8, 4) is 0 Å². The molecular formula is C19H30O2. The lowest BCUT2D eigenvalue weighted by Gasteiger charge is -2.23. The van der Waals surface area contributed by atoms with Crippen LogP contribution < -0.4 is 0 Å². The SMILES string of the molecule is CCC(C)(C)COC(=O)C(C)c1ccc(CC(C)C)cc1. The maximum absolute atomic E-state index is 12.1. The van der Waals surface area contributed by atoms with Crippen molar-refractivity contribution in [2.24, 2.45) is 11.3 Å². The van der Waals surface area contributed by atoms with Crippen LogP contribution in [0.3, 0.4) is 0 Å². The molecule has 2 heteroatoms. The van der Waals surface area contributed by atoms with Gasteiger partial charge in [-0.1, -0.05) is 58.9 Å². The van der Waals surface area contributed by atoms with E-state index in [-0.39, 0.29) is 17.3 Å². The van der Waals surface area contributed by atoms with Crippen molar-refractivity contribution in [3.63, 3.8) is 0 Å². The summed E-state index contributed by atoms with van der Waals surface area (Å²) in [6.45, 7) is 13.2. The van der Waals surface area contributed by atoms with Crippen LogP contribution in [0.1, 0.15) is 65.0 Å². The monoisotopic (exact) mass is 290 g/mol. The standard InChI is InChI=1S/C19H30O2/c1-7-19(5,6)13-21-18(20)15(4)17-10-8-16(9-11-17)12-14(2)3/h8-11,14-15H,7,12-13H2,1-6H3. The number of benzene rings is 1. The third-order valence-corrected chi connectivity index (χ3v) is 4.04. The normalized spacial score (nSPS) is 13.3. The second-order valence-electron chi connectivity index (χ2n) is 7.19. The predicted molar refractivity (Wildman–Crippen MR) is 88.4 cm³/mol. The molecule has 1 aromatic rings. The summed E-state index contributed by atoms with van der Waals surface area (Å²) in [5.41, 5.74) is 2.40. The third kappa shape index (κ3) is 5.91. The number of carbonyl (C=O) groups excluding carboxylic acids is 1. The van der Waals surface area contributed by atoms with E-state index in [1.807, 2.05) is 6.92 Å². The molecule has 0 saturated carbocycles. The Morgan fingerprint density at radius 1 is 1.14 bits per heavy atom. The molecule has 2 nitrogen and oxygen atoms in total. The van der Waals surface area contributed by atoms with Crippen LogP contribution in [0.5, 0.6) is 0 Å². The first-order valence-electron chi connectivity index (χ1n) is 8.00. The smallest absolute Gasteiger partial charge is 0.313 e. The largest absolute Gasteiger partial charge is 0.465 e. The topological polar surface area (TPSA) is 26.3 Å². The van der Waals surface area contributed by atoms with E-state index >= 15 is 0 Å². The average Bonchev–Trinajstić information content (AvgIpc) is 2.44. The van der Waals surface area contributed by atoms with Crippen molar-refractivity contribution in [1.29, 1.82) is 0 Å². The fraction of sp³-hybridized carbons (Fsp3) is 0.632. The van der Waals surface area contributed by atoms with Gasteiger partial charge >= 0.3 is 5.97 Å². The first-order valence-corrected chi connectivity index (χ1v) is 8.00. The summed E-state index contributed by atoms with van der Waals surface area (Å²) in [5, 5.41) is 0. The number of rotatable bonds is 7. The molecule has 0 aliphatic carbocycles. The van der Waals surface area contributed by atoms with Crippen LogP contribution in [0.4, 0.5) is 0 Å². The summed E-state index contributed by atoms with van der Waals surface area (Å²) in [6, 6.07) is 8.34. The number of carbonyl (C=O) groups is 1. The Kier molecular flexibility index (Phi) is 6.44. The van der Waals surface area contributed by atoms with Gasteiger partial charge in [-0.05, 0) is 42.2 Å². The zero-order valence-corrected chi connectivity index (χ0v) is 14.4. The molecule has 0 aliphatic rings. The first kappa shape index (κ1) is 17.7. The molecule has 0 radical (unpaired) electrons. The molecule has 1 atom stereocenters. The van der Waals surface area contributed by atoms with Crippen molar-refractivity contribution in [2.45, 2.75) is 60.3 Å². The molecule has 21 heavy (non-hydrogen) atoms. The maximum Gasteiger partial charge on any atom is 0.313 e. The summed E-state index contributed by atoms with van der Waals surface area (Å²) < 4.78 is 5.47. The summed E-state index contributed by atoms with van der Waals surface area (Å²) in [6.07, 6.45) is 2.07. The molecule has 0 amide bonds. The van der Waals surface area contributed by atoms with Crippen LogP contribution in [0.2, 0.25) is 0 Å². The van der Waals surface area contributed by atoms with E-state index < -0.39 is 0 Å². The lowest BCUT2D eigenvalue weighted by atomic mass is 9.91. The molecule has 0 aromatic heterocycles. The van der Waals surface area contributed by atoms with Crippen LogP contribution in [0.15, 0.2) is 24.3 Å². The molecule has 0 fully saturated rings. The third-order valence-electron chi connectivity index (χ3n) is 4.04. The van der Waals surface area contributed by atoms with Gasteiger partial charge in [0, 0.05) is 0 Å². The van der Waals surface area contributed by atoms with E-state index in [1.165, 1.54) is 5.56 Å². The maximum atomic E-state index is 12.1. The quantitative estimate of drug-likeness (QED) is 0.663. The van der Waals surface area contributed by atoms with Gasteiger partial charge in [0.25, 0.3) is 0 Å².